The van der Waals surface area contributed by atoms with Crippen LogP contribution >= 0.6 is 0 Å². The summed E-state index contributed by atoms with van der Waals surface area (Å²) in [6, 6.07) is 5.53. The van der Waals surface area contributed by atoms with Crippen molar-refractivity contribution in [1.29, 1.82) is 5.26 Å². The minimum Gasteiger partial charge on any atom is -0.458 e. The Bertz CT molecular complexity index is 1040. The number of carbonyl (C=O) groups excluding carboxylic acids is 2. The van der Waals surface area contributed by atoms with Crippen molar-refractivity contribution < 1.29 is 19.1 Å². The Morgan fingerprint density at radius 2 is 1.66 bits per heavy atom. The first-order valence-electron chi connectivity index (χ1n) is 9.42. The molecule has 156 valence electrons. The summed E-state index contributed by atoms with van der Waals surface area (Å²) in [7, 11) is 0. The van der Waals surface area contributed by atoms with Crippen LogP contribution in [0.1, 0.15) is 66.5 Å². The number of aromatic nitrogens is 2. The molecule has 0 aliphatic heterocycles. The van der Waals surface area contributed by atoms with Crippen LogP contribution in [0, 0.1) is 11.3 Å². The van der Waals surface area contributed by atoms with Crippen LogP contribution in [-0.4, -0.2) is 32.4 Å². The van der Waals surface area contributed by atoms with Gasteiger partial charge < -0.3 is 9.47 Å². The van der Waals surface area contributed by atoms with Crippen LogP contribution in [0.25, 0.3) is 11.0 Å². The van der Waals surface area contributed by atoms with E-state index in [4.69, 9.17) is 9.47 Å². The van der Waals surface area contributed by atoms with E-state index < -0.39 is 35.0 Å². The summed E-state index contributed by atoms with van der Waals surface area (Å²) >= 11 is 0. The van der Waals surface area contributed by atoms with Gasteiger partial charge in [0, 0.05) is 0 Å². The summed E-state index contributed by atoms with van der Waals surface area (Å²) in [6.45, 7) is 12.0. The lowest BCUT2D eigenvalue weighted by Gasteiger charge is -2.24. The number of benzene rings is 1. The molecule has 1 aromatic heterocycles. The molecule has 0 fully saturated rings. The fraction of sp³-hybridized carbons (Fsp3) is 0.524. The Balaban J connectivity index is 2.75. The largest absolute Gasteiger partial charge is 0.458 e. The highest BCUT2D eigenvalue weighted by Gasteiger charge is 2.32. The molecule has 0 aliphatic rings. The molecule has 1 unspecified atom stereocenters. The molecule has 0 saturated carbocycles. The Morgan fingerprint density at radius 1 is 1.07 bits per heavy atom. The van der Waals surface area contributed by atoms with Gasteiger partial charge in [-0.3, -0.25) is 4.57 Å². The molecule has 1 heterocycles. The number of rotatable bonds is 3. The fourth-order valence-corrected chi connectivity index (χ4v) is 2.90. The smallest absolute Gasteiger partial charge is 0.423 e. The van der Waals surface area contributed by atoms with E-state index in [0.29, 0.717) is 5.56 Å². The fourth-order valence-electron chi connectivity index (χ4n) is 2.90. The second-order valence-electron chi connectivity index (χ2n) is 8.74. The lowest BCUT2D eigenvalue weighted by atomic mass is 10.1. The summed E-state index contributed by atoms with van der Waals surface area (Å²) in [5.74, 6) is -0.590. The topological polar surface area (TPSA) is 103 Å². The van der Waals surface area contributed by atoms with E-state index in [9.17, 15) is 19.6 Å². The van der Waals surface area contributed by atoms with Gasteiger partial charge in [-0.15, -0.1) is 0 Å². The van der Waals surface area contributed by atoms with Crippen molar-refractivity contribution in [3.05, 3.63) is 34.2 Å². The van der Waals surface area contributed by atoms with Gasteiger partial charge in [-0.25, -0.2) is 14.4 Å². The molecule has 0 bridgehead atoms. The average Bonchev–Trinajstić information content (AvgIpc) is 2.84. The highest BCUT2D eigenvalue weighted by Crippen LogP contribution is 2.24. The van der Waals surface area contributed by atoms with Crippen molar-refractivity contribution >= 4 is 23.1 Å². The van der Waals surface area contributed by atoms with Gasteiger partial charge in [0.05, 0.1) is 22.7 Å². The van der Waals surface area contributed by atoms with Gasteiger partial charge in [-0.05, 0) is 66.2 Å². The molecule has 29 heavy (non-hydrogen) atoms. The molecule has 0 amide bonds. The highest BCUT2D eigenvalue weighted by molar-refractivity contribution is 5.89. The van der Waals surface area contributed by atoms with Gasteiger partial charge in [0.1, 0.15) is 17.2 Å². The van der Waals surface area contributed by atoms with Gasteiger partial charge in [0.25, 0.3) is 0 Å². The number of nitrogens with zero attached hydrogens (tertiary/aromatic N) is 3. The molecule has 2 aromatic rings. The SMILES string of the molecule is CCC(C(=O)OC(C)(C)C)n1c(=O)n(C(=O)OC(C)(C)C)c2ccc(C#N)cc21. The van der Waals surface area contributed by atoms with E-state index in [-0.39, 0.29) is 17.5 Å². The molecule has 0 spiro atoms. The van der Waals surface area contributed by atoms with Crippen LogP contribution in [0.15, 0.2) is 23.0 Å². The maximum absolute atomic E-state index is 13.2. The second kappa shape index (κ2) is 7.74. The summed E-state index contributed by atoms with van der Waals surface area (Å²) in [4.78, 5) is 38.7. The number of esters is 1. The van der Waals surface area contributed by atoms with E-state index in [1.807, 2.05) is 6.07 Å². The number of hydrogen-bond donors (Lipinski definition) is 0. The second-order valence-corrected chi connectivity index (χ2v) is 8.74. The Hall–Kier alpha value is -3.08. The van der Waals surface area contributed by atoms with Gasteiger partial charge in [-0.2, -0.15) is 9.83 Å². The van der Waals surface area contributed by atoms with Gasteiger partial charge in [0.15, 0.2) is 0 Å². The lowest BCUT2D eigenvalue weighted by molar-refractivity contribution is -0.159. The minimum atomic E-state index is -0.957. The summed E-state index contributed by atoms with van der Waals surface area (Å²) < 4.78 is 12.9. The first-order valence-corrected chi connectivity index (χ1v) is 9.42. The van der Waals surface area contributed by atoms with Crippen LogP contribution < -0.4 is 5.69 Å². The third-order valence-electron chi connectivity index (χ3n) is 3.96. The monoisotopic (exact) mass is 401 g/mol. The molecule has 2 rings (SSSR count). The van der Waals surface area contributed by atoms with Gasteiger partial charge in [0.2, 0.25) is 0 Å². The normalized spacial score (nSPS) is 13.0. The van der Waals surface area contributed by atoms with E-state index in [0.717, 1.165) is 4.57 Å². The maximum Gasteiger partial charge on any atom is 0.423 e. The van der Waals surface area contributed by atoms with Gasteiger partial charge in [-0.1, -0.05) is 6.92 Å². The summed E-state index contributed by atoms with van der Waals surface area (Å²) in [5.41, 5.74) is -1.43. The predicted octanol–water partition coefficient (Wildman–Crippen LogP) is 3.75. The zero-order valence-electron chi connectivity index (χ0n) is 17.9. The molecule has 8 nitrogen and oxygen atoms in total. The zero-order valence-corrected chi connectivity index (χ0v) is 17.9. The molecule has 0 radical (unpaired) electrons. The van der Waals surface area contributed by atoms with Crippen molar-refractivity contribution in [2.75, 3.05) is 0 Å². The van der Waals surface area contributed by atoms with Crippen molar-refractivity contribution in [1.82, 2.24) is 9.13 Å². The zero-order chi connectivity index (χ0) is 22.1. The number of nitriles is 1. The molecule has 1 atom stereocenters. The van der Waals surface area contributed by atoms with Crippen LogP contribution in [0.5, 0.6) is 0 Å². The quantitative estimate of drug-likeness (QED) is 0.726. The molecule has 0 N–H and O–H groups in total. The van der Waals surface area contributed by atoms with Crippen LogP contribution in [0.4, 0.5) is 4.79 Å². The lowest BCUT2D eigenvalue weighted by Crippen LogP contribution is -2.38. The number of carbonyl (C=O) groups is 2. The van der Waals surface area contributed by atoms with Crippen LogP contribution in [0.2, 0.25) is 0 Å². The van der Waals surface area contributed by atoms with Crippen molar-refractivity contribution in [3.8, 4) is 6.07 Å². The number of ether oxygens (including phenoxy) is 2. The Kier molecular flexibility index (Phi) is 5.93. The van der Waals surface area contributed by atoms with Crippen molar-refractivity contribution in [3.63, 3.8) is 0 Å². The van der Waals surface area contributed by atoms with Crippen LogP contribution in [0.3, 0.4) is 0 Å². The van der Waals surface area contributed by atoms with Crippen molar-refractivity contribution in [2.24, 2.45) is 0 Å². The number of imidazole rings is 1. The van der Waals surface area contributed by atoms with Gasteiger partial charge >= 0.3 is 17.8 Å². The molecule has 0 saturated heterocycles. The maximum atomic E-state index is 13.2. The summed E-state index contributed by atoms with van der Waals surface area (Å²) in [5, 5.41) is 9.26. The molecular weight excluding hydrogens is 374 g/mol. The molecular formula is C21H27N3O5. The number of hydrogen-bond acceptors (Lipinski definition) is 6. The number of fused-ring (bicyclic) bond motifs is 1. The van der Waals surface area contributed by atoms with E-state index in [2.05, 4.69) is 0 Å². The molecule has 0 aliphatic carbocycles. The first-order chi connectivity index (χ1) is 13.3. The highest BCUT2D eigenvalue weighted by atomic mass is 16.6. The predicted molar refractivity (Wildman–Crippen MR) is 108 cm³/mol. The van der Waals surface area contributed by atoms with Crippen LogP contribution in [-0.2, 0) is 14.3 Å². The molecule has 8 heteroatoms. The van der Waals surface area contributed by atoms with Crippen molar-refractivity contribution in [2.45, 2.75) is 72.1 Å². The van der Waals surface area contributed by atoms with E-state index >= 15 is 0 Å². The first kappa shape index (κ1) is 22.2. The minimum absolute atomic E-state index is 0.255. The average molecular weight is 401 g/mol. The Labute approximate surface area is 169 Å². The summed E-state index contributed by atoms with van der Waals surface area (Å²) in [6.07, 6.45) is -0.589. The third kappa shape index (κ3) is 4.86. The third-order valence-corrected chi connectivity index (χ3v) is 3.96. The Morgan fingerprint density at radius 3 is 2.14 bits per heavy atom. The van der Waals surface area contributed by atoms with E-state index in [1.54, 1.807) is 48.5 Å². The standard InChI is InChI=1S/C21H27N3O5/c1-8-14(17(25)28-20(2,3)4)23-16-11-13(12-22)9-10-15(16)24(18(23)26)19(27)29-21(5,6)7/h9-11,14H,8H2,1-7H3. The van der Waals surface area contributed by atoms with E-state index in [1.165, 1.54) is 22.8 Å². The molecule has 1 aromatic carbocycles.